The quantitative estimate of drug-likeness (QED) is 0.703. The molecule has 1 fully saturated rings. The van der Waals surface area contributed by atoms with E-state index < -0.39 is 0 Å². The molecule has 1 aromatic carbocycles. The molecule has 3 N–H and O–H groups in total. The smallest absolute Gasteiger partial charge is 0.157 e. The van der Waals surface area contributed by atoms with Gasteiger partial charge in [-0.25, -0.2) is 0 Å². The molecule has 2 rings (SSSR count). The normalized spacial score (nSPS) is 20.1. The van der Waals surface area contributed by atoms with Crippen molar-refractivity contribution in [2.45, 2.75) is 13.0 Å². The average molecular weight is 239 g/mol. The first kappa shape index (κ1) is 11.6. The van der Waals surface area contributed by atoms with Crippen LogP contribution in [0, 0.1) is 5.92 Å². The van der Waals surface area contributed by atoms with Gasteiger partial charge < -0.3 is 15.5 Å². The molecule has 88 valence electrons. The van der Waals surface area contributed by atoms with Crippen molar-refractivity contribution < 1.29 is 10.2 Å². The van der Waals surface area contributed by atoms with Crippen molar-refractivity contribution in [2.75, 3.05) is 18.1 Å². The van der Waals surface area contributed by atoms with Gasteiger partial charge in [-0.05, 0) is 48.1 Å². The van der Waals surface area contributed by atoms with E-state index in [4.69, 9.17) is 5.11 Å². The minimum absolute atomic E-state index is 0.0456. The summed E-state index contributed by atoms with van der Waals surface area (Å²) >= 11 is 2.02. The third-order valence-corrected chi connectivity index (χ3v) is 4.06. The third kappa shape index (κ3) is 3.06. The summed E-state index contributed by atoms with van der Waals surface area (Å²) in [5.74, 6) is 3.22. The van der Waals surface area contributed by atoms with E-state index >= 15 is 0 Å². The zero-order chi connectivity index (χ0) is 11.4. The molecule has 1 aromatic rings. The second-order valence-corrected chi connectivity index (χ2v) is 5.33. The van der Waals surface area contributed by atoms with E-state index in [0.29, 0.717) is 0 Å². The molecular formula is C12H17NO2S. The molecule has 16 heavy (non-hydrogen) atoms. The van der Waals surface area contributed by atoms with Crippen molar-refractivity contribution in [3.05, 3.63) is 23.8 Å². The van der Waals surface area contributed by atoms with E-state index in [0.717, 1.165) is 24.6 Å². The van der Waals surface area contributed by atoms with Gasteiger partial charge in [0.1, 0.15) is 0 Å². The summed E-state index contributed by atoms with van der Waals surface area (Å²) in [6, 6.07) is 4.95. The Hall–Kier alpha value is -0.870. The van der Waals surface area contributed by atoms with Crippen LogP contribution in [0.25, 0.3) is 0 Å². The maximum Gasteiger partial charge on any atom is 0.157 e. The molecule has 1 unspecified atom stereocenters. The van der Waals surface area contributed by atoms with Crippen LogP contribution in [0.5, 0.6) is 11.5 Å². The van der Waals surface area contributed by atoms with Gasteiger partial charge in [-0.2, -0.15) is 11.8 Å². The van der Waals surface area contributed by atoms with Crippen LogP contribution in [-0.2, 0) is 6.54 Å². The van der Waals surface area contributed by atoms with E-state index in [1.165, 1.54) is 24.0 Å². The topological polar surface area (TPSA) is 52.5 Å². The van der Waals surface area contributed by atoms with E-state index in [1.807, 2.05) is 17.8 Å². The number of aromatic hydroxyl groups is 2. The van der Waals surface area contributed by atoms with Gasteiger partial charge >= 0.3 is 0 Å². The van der Waals surface area contributed by atoms with Gasteiger partial charge in [0.15, 0.2) is 11.5 Å². The van der Waals surface area contributed by atoms with E-state index in [1.54, 1.807) is 6.07 Å². The summed E-state index contributed by atoms with van der Waals surface area (Å²) in [7, 11) is 0. The van der Waals surface area contributed by atoms with Gasteiger partial charge in [0.2, 0.25) is 0 Å². The molecule has 0 bridgehead atoms. The molecular weight excluding hydrogens is 222 g/mol. The molecule has 1 saturated heterocycles. The first-order chi connectivity index (χ1) is 7.75. The van der Waals surface area contributed by atoms with Gasteiger partial charge in [0, 0.05) is 6.54 Å². The Morgan fingerprint density at radius 1 is 1.31 bits per heavy atom. The Labute approximate surface area is 99.9 Å². The highest BCUT2D eigenvalue weighted by Gasteiger charge is 2.14. The molecule has 0 radical (unpaired) electrons. The Balaban J connectivity index is 1.78. The van der Waals surface area contributed by atoms with Crippen molar-refractivity contribution in [3.8, 4) is 11.5 Å². The van der Waals surface area contributed by atoms with Crippen molar-refractivity contribution in [1.29, 1.82) is 0 Å². The lowest BCUT2D eigenvalue weighted by atomic mass is 10.1. The van der Waals surface area contributed by atoms with Gasteiger partial charge in [0.05, 0.1) is 0 Å². The predicted octanol–water partition coefficient (Wildman–Crippen LogP) is 1.94. The molecule has 0 spiro atoms. The summed E-state index contributed by atoms with van der Waals surface area (Å²) in [5, 5.41) is 21.9. The minimum atomic E-state index is -0.0593. The third-order valence-electron chi connectivity index (χ3n) is 2.83. The lowest BCUT2D eigenvalue weighted by molar-refractivity contribution is 0.402. The maximum atomic E-state index is 9.33. The summed E-state index contributed by atoms with van der Waals surface area (Å²) in [6.07, 6.45) is 1.30. The van der Waals surface area contributed by atoms with Crippen molar-refractivity contribution in [1.82, 2.24) is 5.32 Å². The fourth-order valence-electron chi connectivity index (χ4n) is 1.84. The Morgan fingerprint density at radius 2 is 2.19 bits per heavy atom. The second kappa shape index (κ2) is 5.46. The Kier molecular flexibility index (Phi) is 3.96. The van der Waals surface area contributed by atoms with Crippen molar-refractivity contribution in [3.63, 3.8) is 0 Å². The van der Waals surface area contributed by atoms with Crippen LogP contribution < -0.4 is 5.32 Å². The second-order valence-electron chi connectivity index (χ2n) is 4.18. The Bertz CT molecular complexity index is 351. The molecule has 4 heteroatoms. The molecule has 1 aliphatic rings. The van der Waals surface area contributed by atoms with Crippen LogP contribution >= 0.6 is 11.8 Å². The summed E-state index contributed by atoms with van der Waals surface area (Å²) in [6.45, 7) is 1.78. The van der Waals surface area contributed by atoms with Gasteiger partial charge in [-0.1, -0.05) is 6.07 Å². The average Bonchev–Trinajstić information content (AvgIpc) is 2.76. The van der Waals surface area contributed by atoms with Gasteiger partial charge in [-0.3, -0.25) is 0 Å². The summed E-state index contributed by atoms with van der Waals surface area (Å²) in [4.78, 5) is 0. The van der Waals surface area contributed by atoms with Gasteiger partial charge in [-0.15, -0.1) is 0 Å². The van der Waals surface area contributed by atoms with Crippen LogP contribution in [-0.4, -0.2) is 28.3 Å². The van der Waals surface area contributed by atoms with Crippen LogP contribution in [0.3, 0.4) is 0 Å². The first-order valence-corrected chi connectivity index (χ1v) is 6.70. The molecule has 0 amide bonds. The van der Waals surface area contributed by atoms with E-state index in [9.17, 15) is 5.11 Å². The van der Waals surface area contributed by atoms with Crippen LogP contribution in [0.2, 0.25) is 0 Å². The number of thioether (sulfide) groups is 1. The molecule has 1 aliphatic heterocycles. The summed E-state index contributed by atoms with van der Waals surface area (Å²) < 4.78 is 0. The van der Waals surface area contributed by atoms with E-state index in [2.05, 4.69) is 5.32 Å². The molecule has 0 aromatic heterocycles. The van der Waals surface area contributed by atoms with Crippen LogP contribution in [0.4, 0.5) is 0 Å². The lowest BCUT2D eigenvalue weighted by Crippen LogP contribution is -2.22. The zero-order valence-electron chi connectivity index (χ0n) is 9.15. The minimum Gasteiger partial charge on any atom is -0.504 e. The highest BCUT2D eigenvalue weighted by atomic mass is 32.2. The van der Waals surface area contributed by atoms with Crippen molar-refractivity contribution >= 4 is 11.8 Å². The first-order valence-electron chi connectivity index (χ1n) is 5.55. The van der Waals surface area contributed by atoms with E-state index in [-0.39, 0.29) is 11.5 Å². The maximum absolute atomic E-state index is 9.33. The highest BCUT2D eigenvalue weighted by Crippen LogP contribution is 2.25. The zero-order valence-corrected chi connectivity index (χ0v) is 9.96. The number of benzene rings is 1. The van der Waals surface area contributed by atoms with Crippen LogP contribution in [0.15, 0.2) is 18.2 Å². The molecule has 1 atom stereocenters. The molecule has 0 aliphatic carbocycles. The SMILES string of the molecule is Oc1ccc(CNCC2CCSC2)cc1O. The molecule has 0 saturated carbocycles. The monoisotopic (exact) mass is 239 g/mol. The fourth-order valence-corrected chi connectivity index (χ4v) is 3.13. The molecule has 3 nitrogen and oxygen atoms in total. The number of phenols is 2. The summed E-state index contributed by atoms with van der Waals surface area (Å²) in [5.41, 5.74) is 1.00. The van der Waals surface area contributed by atoms with Crippen molar-refractivity contribution in [2.24, 2.45) is 5.92 Å². The fraction of sp³-hybridized carbons (Fsp3) is 0.500. The number of hydrogen-bond donors (Lipinski definition) is 3. The largest absolute Gasteiger partial charge is 0.504 e. The number of phenolic OH excluding ortho intramolecular Hbond substituents is 2. The standard InChI is InChI=1S/C12H17NO2S/c14-11-2-1-9(5-12(11)15)6-13-7-10-3-4-16-8-10/h1-2,5,10,13-15H,3-4,6-8H2. The van der Waals surface area contributed by atoms with Gasteiger partial charge in [0.25, 0.3) is 0 Å². The molecule has 1 heterocycles. The highest BCUT2D eigenvalue weighted by molar-refractivity contribution is 7.99. The van der Waals surface area contributed by atoms with Crippen LogP contribution in [0.1, 0.15) is 12.0 Å². The Morgan fingerprint density at radius 3 is 2.88 bits per heavy atom. The number of rotatable bonds is 4. The number of hydrogen-bond acceptors (Lipinski definition) is 4. The predicted molar refractivity (Wildman–Crippen MR) is 66.9 cm³/mol. The number of nitrogens with one attached hydrogen (secondary N) is 1. The lowest BCUT2D eigenvalue weighted by Gasteiger charge is -2.10.